The van der Waals surface area contributed by atoms with E-state index in [0.29, 0.717) is 11.9 Å². The molecule has 4 rings (SSSR count). The summed E-state index contributed by atoms with van der Waals surface area (Å²) < 4.78 is 0. The lowest BCUT2D eigenvalue weighted by atomic mass is 9.91. The number of fused-ring (bicyclic) bond motifs is 4. The van der Waals surface area contributed by atoms with Gasteiger partial charge in [0.25, 0.3) is 0 Å². The Morgan fingerprint density at radius 1 is 1.05 bits per heavy atom. The quantitative estimate of drug-likeness (QED) is 0.828. The maximum absolute atomic E-state index is 12.1. The monoisotopic (exact) mass is 279 g/mol. The Bertz CT molecular complexity index is 346. The van der Waals surface area contributed by atoms with E-state index < -0.39 is 0 Å². The fourth-order valence-electron chi connectivity index (χ4n) is 4.20. The average molecular weight is 279 g/mol. The molecule has 0 aliphatic carbocycles. The minimum Gasteiger partial charge on any atom is -0.342 e. The summed E-state index contributed by atoms with van der Waals surface area (Å²) in [6.07, 6.45) is 5.10. The second kappa shape index (κ2) is 6.02. The van der Waals surface area contributed by atoms with E-state index in [1.54, 1.807) is 0 Å². The number of amides is 1. The molecule has 0 saturated carbocycles. The minimum atomic E-state index is 0.143. The fourth-order valence-corrected chi connectivity index (χ4v) is 4.20. The van der Waals surface area contributed by atoms with Crippen LogP contribution < -0.4 is 5.32 Å². The maximum Gasteiger partial charge on any atom is 0.225 e. The number of piperidine rings is 2. The molecule has 4 aliphatic rings. The molecule has 0 spiro atoms. The predicted molar refractivity (Wildman–Crippen MR) is 80.5 cm³/mol. The van der Waals surface area contributed by atoms with E-state index >= 15 is 0 Å². The topological polar surface area (TPSA) is 35.6 Å². The summed E-state index contributed by atoms with van der Waals surface area (Å²) in [6.45, 7) is 9.59. The molecule has 2 bridgehead atoms. The van der Waals surface area contributed by atoms with Crippen molar-refractivity contribution >= 4 is 5.91 Å². The molecule has 1 amide bonds. The normalized spacial score (nSPS) is 32.6. The molecule has 20 heavy (non-hydrogen) atoms. The van der Waals surface area contributed by atoms with Gasteiger partial charge in [-0.2, -0.15) is 0 Å². The van der Waals surface area contributed by atoms with Gasteiger partial charge in [-0.25, -0.2) is 0 Å². The van der Waals surface area contributed by atoms with E-state index in [-0.39, 0.29) is 5.92 Å². The van der Waals surface area contributed by atoms with Crippen LogP contribution in [0.2, 0.25) is 0 Å². The number of carbonyl (C=O) groups excluding carboxylic acids is 1. The van der Waals surface area contributed by atoms with Crippen molar-refractivity contribution in [2.45, 2.75) is 51.6 Å². The van der Waals surface area contributed by atoms with Crippen molar-refractivity contribution in [3.63, 3.8) is 0 Å². The number of hydrogen-bond donors (Lipinski definition) is 1. The van der Waals surface area contributed by atoms with Gasteiger partial charge >= 0.3 is 0 Å². The Kier molecular flexibility index (Phi) is 4.32. The van der Waals surface area contributed by atoms with Crippen molar-refractivity contribution < 1.29 is 4.79 Å². The lowest BCUT2D eigenvalue weighted by molar-refractivity contribution is -0.136. The standard InChI is InChI=1S/C16H29N3O/c1-12(2)16(20)18-7-5-14(6-8-18)19-11-13-3-4-15(19)10-17-9-13/h12-15,17H,3-11H2,1-2H3/t13-,15+/m1/s1. The molecule has 4 aliphatic heterocycles. The Labute approximate surface area is 122 Å². The summed E-state index contributed by atoms with van der Waals surface area (Å²) in [6, 6.07) is 1.45. The van der Waals surface area contributed by atoms with Gasteiger partial charge < -0.3 is 10.2 Å². The largest absolute Gasteiger partial charge is 0.342 e. The summed E-state index contributed by atoms with van der Waals surface area (Å²) in [5, 5.41) is 3.61. The van der Waals surface area contributed by atoms with Gasteiger partial charge in [0.15, 0.2) is 0 Å². The first-order chi connectivity index (χ1) is 9.65. The molecular formula is C16H29N3O. The minimum absolute atomic E-state index is 0.143. The first-order valence-corrected chi connectivity index (χ1v) is 8.40. The van der Waals surface area contributed by atoms with Crippen molar-refractivity contribution in [3.05, 3.63) is 0 Å². The van der Waals surface area contributed by atoms with Crippen LogP contribution in [0.15, 0.2) is 0 Å². The average Bonchev–Trinajstić information content (AvgIpc) is 2.82. The summed E-state index contributed by atoms with van der Waals surface area (Å²) in [7, 11) is 0. The number of nitrogens with one attached hydrogen (secondary N) is 1. The molecule has 0 unspecified atom stereocenters. The third-order valence-electron chi connectivity index (χ3n) is 5.40. The van der Waals surface area contributed by atoms with Crippen LogP contribution in [0.3, 0.4) is 0 Å². The maximum atomic E-state index is 12.1. The molecule has 0 radical (unpaired) electrons. The van der Waals surface area contributed by atoms with Crippen molar-refractivity contribution in [1.29, 1.82) is 0 Å². The van der Waals surface area contributed by atoms with Crippen molar-refractivity contribution in [3.8, 4) is 0 Å². The number of nitrogens with zero attached hydrogens (tertiary/aromatic N) is 2. The molecule has 114 valence electrons. The first-order valence-electron chi connectivity index (χ1n) is 8.40. The van der Waals surface area contributed by atoms with Gasteiger partial charge in [0.05, 0.1) is 0 Å². The van der Waals surface area contributed by atoms with Crippen LogP contribution in [0.5, 0.6) is 0 Å². The highest BCUT2D eigenvalue weighted by molar-refractivity contribution is 5.78. The Morgan fingerprint density at radius 2 is 1.80 bits per heavy atom. The van der Waals surface area contributed by atoms with Crippen LogP contribution in [-0.2, 0) is 4.79 Å². The third-order valence-corrected chi connectivity index (χ3v) is 5.40. The van der Waals surface area contributed by atoms with Gasteiger partial charge in [0, 0.05) is 44.2 Å². The highest BCUT2D eigenvalue weighted by atomic mass is 16.2. The van der Waals surface area contributed by atoms with Crippen molar-refractivity contribution in [1.82, 2.24) is 15.1 Å². The van der Waals surface area contributed by atoms with Gasteiger partial charge in [-0.05, 0) is 38.1 Å². The van der Waals surface area contributed by atoms with Gasteiger partial charge in [0.2, 0.25) is 5.91 Å². The zero-order valence-electron chi connectivity index (χ0n) is 13.0. The van der Waals surface area contributed by atoms with Crippen LogP contribution in [-0.4, -0.2) is 60.5 Å². The second-order valence-electron chi connectivity index (χ2n) is 7.16. The van der Waals surface area contributed by atoms with Crippen molar-refractivity contribution in [2.24, 2.45) is 11.8 Å². The lowest BCUT2D eigenvalue weighted by Gasteiger charge is -2.45. The van der Waals surface area contributed by atoms with Crippen LogP contribution in [0.4, 0.5) is 0 Å². The Hall–Kier alpha value is -0.610. The number of hydrogen-bond acceptors (Lipinski definition) is 3. The number of rotatable bonds is 2. The number of likely N-dealkylation sites (tertiary alicyclic amines) is 1. The molecule has 4 nitrogen and oxygen atoms in total. The van der Waals surface area contributed by atoms with Gasteiger partial charge in [-0.1, -0.05) is 13.8 Å². The van der Waals surface area contributed by atoms with E-state index in [4.69, 9.17) is 0 Å². The van der Waals surface area contributed by atoms with E-state index in [0.717, 1.165) is 25.0 Å². The molecule has 4 heterocycles. The first kappa shape index (κ1) is 14.3. The van der Waals surface area contributed by atoms with Gasteiger partial charge in [0.1, 0.15) is 0 Å². The lowest BCUT2D eigenvalue weighted by Crippen LogP contribution is -2.54. The molecular weight excluding hydrogens is 250 g/mol. The molecule has 2 atom stereocenters. The van der Waals surface area contributed by atoms with E-state index in [1.165, 1.54) is 45.3 Å². The zero-order valence-corrected chi connectivity index (χ0v) is 13.0. The molecule has 4 saturated heterocycles. The second-order valence-corrected chi connectivity index (χ2v) is 7.16. The predicted octanol–water partition coefficient (Wildman–Crippen LogP) is 1.32. The zero-order chi connectivity index (χ0) is 14.1. The summed E-state index contributed by atoms with van der Waals surface area (Å²) in [5.74, 6) is 1.33. The van der Waals surface area contributed by atoms with Crippen LogP contribution >= 0.6 is 0 Å². The van der Waals surface area contributed by atoms with Crippen LogP contribution in [0, 0.1) is 11.8 Å². The Balaban J connectivity index is 1.57. The van der Waals surface area contributed by atoms with Gasteiger partial charge in [-0.3, -0.25) is 9.69 Å². The van der Waals surface area contributed by atoms with Crippen LogP contribution in [0.25, 0.3) is 0 Å². The van der Waals surface area contributed by atoms with E-state index in [9.17, 15) is 4.79 Å². The molecule has 4 heteroatoms. The summed E-state index contributed by atoms with van der Waals surface area (Å²) in [5.41, 5.74) is 0. The van der Waals surface area contributed by atoms with Crippen molar-refractivity contribution in [2.75, 3.05) is 32.7 Å². The third kappa shape index (κ3) is 2.86. The summed E-state index contributed by atoms with van der Waals surface area (Å²) in [4.78, 5) is 16.9. The van der Waals surface area contributed by atoms with Gasteiger partial charge in [-0.15, -0.1) is 0 Å². The molecule has 0 aromatic heterocycles. The molecule has 4 fully saturated rings. The molecule has 1 N–H and O–H groups in total. The smallest absolute Gasteiger partial charge is 0.225 e. The Morgan fingerprint density at radius 3 is 2.50 bits per heavy atom. The number of carbonyl (C=O) groups is 1. The SMILES string of the molecule is CC(C)C(=O)N1CCC(N2C[C@@H]3CC[C@H]2CNC3)CC1. The molecule has 0 aromatic carbocycles. The molecule has 0 aromatic rings. The fraction of sp³-hybridized carbons (Fsp3) is 0.938. The highest BCUT2D eigenvalue weighted by Crippen LogP contribution is 2.29. The summed E-state index contributed by atoms with van der Waals surface area (Å²) >= 11 is 0. The van der Waals surface area contributed by atoms with E-state index in [2.05, 4.69) is 15.1 Å². The highest BCUT2D eigenvalue weighted by Gasteiger charge is 2.37. The van der Waals surface area contributed by atoms with E-state index in [1.807, 2.05) is 13.8 Å². The van der Waals surface area contributed by atoms with Crippen LogP contribution in [0.1, 0.15) is 39.5 Å².